The van der Waals surface area contributed by atoms with E-state index in [9.17, 15) is 5.11 Å². The number of benzene rings is 2. The van der Waals surface area contributed by atoms with E-state index in [4.69, 9.17) is 4.74 Å². The lowest BCUT2D eigenvalue weighted by molar-refractivity contribution is 0.373. The van der Waals surface area contributed by atoms with Crippen LogP contribution < -0.4 is 10.2 Å². The number of methoxy groups -OCH3 is 1. The molecule has 0 atom stereocenters. The molecule has 5 nitrogen and oxygen atoms in total. The van der Waals surface area contributed by atoms with Crippen LogP contribution in [0.1, 0.15) is 22.3 Å². The number of hydrogen-bond acceptors (Lipinski definition) is 6. The van der Waals surface area contributed by atoms with E-state index in [-0.39, 0.29) is 5.75 Å². The molecule has 0 saturated carbocycles. The highest BCUT2D eigenvalue weighted by Gasteiger charge is 2.10. The van der Waals surface area contributed by atoms with Gasteiger partial charge in [0.25, 0.3) is 0 Å². The Labute approximate surface area is 157 Å². The van der Waals surface area contributed by atoms with Crippen molar-refractivity contribution >= 4 is 22.7 Å². The molecule has 2 aromatic carbocycles. The first kappa shape index (κ1) is 17.9. The maximum absolute atomic E-state index is 9.62. The normalized spacial score (nSPS) is 11.1. The number of anilines is 1. The highest BCUT2D eigenvalue weighted by Crippen LogP contribution is 2.31. The number of ether oxygens (including phenoxy) is 1. The molecular formula is C20H21N3O2S. The van der Waals surface area contributed by atoms with Gasteiger partial charge in [-0.25, -0.2) is 4.98 Å². The van der Waals surface area contributed by atoms with E-state index in [1.165, 1.54) is 40.7 Å². The molecule has 3 rings (SSSR count). The number of rotatable bonds is 5. The Kier molecular flexibility index (Phi) is 5.23. The Morgan fingerprint density at radius 1 is 1.15 bits per heavy atom. The van der Waals surface area contributed by atoms with Gasteiger partial charge in [0, 0.05) is 10.9 Å². The summed E-state index contributed by atoms with van der Waals surface area (Å²) in [5, 5.41) is 16.6. The van der Waals surface area contributed by atoms with Gasteiger partial charge in [0.2, 0.25) is 5.13 Å². The average molecular weight is 367 g/mol. The van der Waals surface area contributed by atoms with E-state index in [0.29, 0.717) is 5.75 Å². The van der Waals surface area contributed by atoms with Gasteiger partial charge < -0.3 is 9.84 Å². The number of nitrogens with one attached hydrogen (secondary N) is 1. The molecule has 0 unspecified atom stereocenters. The molecule has 134 valence electrons. The lowest BCUT2D eigenvalue weighted by atomic mass is 9.98. The maximum atomic E-state index is 9.62. The van der Waals surface area contributed by atoms with Crippen LogP contribution in [-0.4, -0.2) is 23.4 Å². The van der Waals surface area contributed by atoms with Crippen LogP contribution in [0.3, 0.4) is 0 Å². The van der Waals surface area contributed by atoms with Gasteiger partial charge in [-0.2, -0.15) is 5.10 Å². The number of hydrazone groups is 1. The Morgan fingerprint density at radius 3 is 2.58 bits per heavy atom. The van der Waals surface area contributed by atoms with Crippen molar-refractivity contribution in [3.8, 4) is 22.8 Å². The van der Waals surface area contributed by atoms with Crippen molar-refractivity contribution in [1.29, 1.82) is 0 Å². The summed E-state index contributed by atoms with van der Waals surface area (Å²) in [6, 6.07) is 9.39. The van der Waals surface area contributed by atoms with Crippen LogP contribution >= 0.6 is 11.3 Å². The molecule has 0 aliphatic carbocycles. The first-order valence-corrected chi connectivity index (χ1v) is 9.05. The third-order valence-electron chi connectivity index (χ3n) is 4.01. The summed E-state index contributed by atoms with van der Waals surface area (Å²) in [5.41, 5.74) is 9.60. The Hall–Kier alpha value is -2.86. The monoisotopic (exact) mass is 367 g/mol. The molecule has 6 heteroatoms. The van der Waals surface area contributed by atoms with Gasteiger partial charge in [-0.3, -0.25) is 5.43 Å². The third-order valence-corrected chi connectivity index (χ3v) is 4.76. The zero-order chi connectivity index (χ0) is 18.7. The second-order valence-electron chi connectivity index (χ2n) is 6.11. The van der Waals surface area contributed by atoms with Gasteiger partial charge >= 0.3 is 0 Å². The largest absolute Gasteiger partial charge is 0.504 e. The second kappa shape index (κ2) is 7.58. The molecule has 0 radical (unpaired) electrons. The molecule has 1 heterocycles. The predicted octanol–water partition coefficient (Wildman–Crippen LogP) is 4.90. The zero-order valence-electron chi connectivity index (χ0n) is 15.2. The van der Waals surface area contributed by atoms with Crippen LogP contribution in [0.2, 0.25) is 0 Å². The molecule has 0 bridgehead atoms. The van der Waals surface area contributed by atoms with E-state index in [0.717, 1.165) is 16.4 Å². The Morgan fingerprint density at radius 2 is 1.88 bits per heavy atom. The molecule has 0 amide bonds. The molecule has 3 aromatic rings. The van der Waals surface area contributed by atoms with Crippen LogP contribution in [0.4, 0.5) is 5.13 Å². The van der Waals surface area contributed by atoms with Crippen LogP contribution in [0.15, 0.2) is 40.8 Å². The number of aromatic hydroxyl groups is 1. The summed E-state index contributed by atoms with van der Waals surface area (Å²) in [6.45, 7) is 6.32. The van der Waals surface area contributed by atoms with Crippen molar-refractivity contribution in [3.63, 3.8) is 0 Å². The molecule has 0 spiro atoms. The number of hydrogen-bond donors (Lipinski definition) is 2. The van der Waals surface area contributed by atoms with Gasteiger partial charge in [0.05, 0.1) is 19.0 Å². The minimum atomic E-state index is 0.103. The smallest absolute Gasteiger partial charge is 0.203 e. The average Bonchev–Trinajstić information content (AvgIpc) is 3.04. The zero-order valence-corrected chi connectivity index (χ0v) is 16.0. The van der Waals surface area contributed by atoms with Crippen molar-refractivity contribution < 1.29 is 9.84 Å². The summed E-state index contributed by atoms with van der Waals surface area (Å²) < 4.78 is 5.09. The first-order chi connectivity index (χ1) is 12.5. The van der Waals surface area contributed by atoms with E-state index in [1.54, 1.807) is 24.4 Å². The predicted molar refractivity (Wildman–Crippen MR) is 108 cm³/mol. The SMILES string of the molecule is COc1cc(/C=N\Nc2nc(-c3c(C)cc(C)cc3C)cs2)ccc1O. The topological polar surface area (TPSA) is 66.7 Å². The fourth-order valence-corrected chi connectivity index (χ4v) is 3.61. The van der Waals surface area contributed by atoms with Crippen LogP contribution in [-0.2, 0) is 0 Å². The summed E-state index contributed by atoms with van der Waals surface area (Å²) in [4.78, 5) is 4.64. The van der Waals surface area contributed by atoms with Gasteiger partial charge in [-0.15, -0.1) is 11.3 Å². The lowest BCUT2D eigenvalue weighted by Crippen LogP contribution is -1.93. The van der Waals surface area contributed by atoms with Crippen molar-refractivity contribution in [2.75, 3.05) is 12.5 Å². The second-order valence-corrected chi connectivity index (χ2v) is 6.97. The summed E-state index contributed by atoms with van der Waals surface area (Å²) in [7, 11) is 1.51. The molecule has 0 aliphatic heterocycles. The number of aryl methyl sites for hydroxylation is 3. The fourth-order valence-electron chi connectivity index (χ4n) is 2.96. The minimum Gasteiger partial charge on any atom is -0.504 e. The van der Waals surface area contributed by atoms with Crippen LogP contribution in [0.5, 0.6) is 11.5 Å². The van der Waals surface area contributed by atoms with E-state index >= 15 is 0 Å². The number of nitrogens with zero attached hydrogens (tertiary/aromatic N) is 2. The van der Waals surface area contributed by atoms with E-state index in [2.05, 4.69) is 48.4 Å². The van der Waals surface area contributed by atoms with Gasteiger partial charge in [0.15, 0.2) is 11.5 Å². The van der Waals surface area contributed by atoms with Gasteiger partial charge in [-0.05, 0) is 55.7 Å². The standard InChI is InChI=1S/C20H21N3O2S/c1-12-7-13(2)19(14(3)8-12)16-11-26-20(22-16)23-21-10-15-5-6-17(24)18(9-15)25-4/h5-11,24H,1-4H3,(H,22,23)/b21-10-. The summed E-state index contributed by atoms with van der Waals surface area (Å²) in [5.74, 6) is 0.516. The molecule has 0 fully saturated rings. The number of phenols is 1. The van der Waals surface area contributed by atoms with Crippen molar-refractivity contribution in [3.05, 3.63) is 58.0 Å². The molecule has 1 aromatic heterocycles. The van der Waals surface area contributed by atoms with Crippen molar-refractivity contribution in [1.82, 2.24) is 4.98 Å². The maximum Gasteiger partial charge on any atom is 0.203 e. The molecule has 26 heavy (non-hydrogen) atoms. The van der Waals surface area contributed by atoms with Gasteiger partial charge in [-0.1, -0.05) is 17.7 Å². The van der Waals surface area contributed by atoms with E-state index < -0.39 is 0 Å². The van der Waals surface area contributed by atoms with Crippen molar-refractivity contribution in [2.45, 2.75) is 20.8 Å². The highest BCUT2D eigenvalue weighted by atomic mass is 32.1. The van der Waals surface area contributed by atoms with E-state index in [1.807, 2.05) is 5.38 Å². The molecule has 0 aliphatic rings. The van der Waals surface area contributed by atoms with Crippen LogP contribution in [0, 0.1) is 20.8 Å². The first-order valence-electron chi connectivity index (χ1n) is 8.17. The van der Waals surface area contributed by atoms with Crippen molar-refractivity contribution in [2.24, 2.45) is 5.10 Å². The fraction of sp³-hybridized carbons (Fsp3) is 0.200. The minimum absolute atomic E-state index is 0.103. The number of phenolic OH excluding ortho intramolecular Hbond substituents is 1. The number of thiazole rings is 1. The third kappa shape index (κ3) is 3.86. The number of aromatic nitrogens is 1. The summed E-state index contributed by atoms with van der Waals surface area (Å²) in [6.07, 6.45) is 1.66. The molecule has 0 saturated heterocycles. The van der Waals surface area contributed by atoms with Crippen LogP contribution in [0.25, 0.3) is 11.3 Å². The molecule has 2 N–H and O–H groups in total. The van der Waals surface area contributed by atoms with Gasteiger partial charge in [0.1, 0.15) is 0 Å². The molecular weight excluding hydrogens is 346 g/mol. The Bertz CT molecular complexity index is 940. The highest BCUT2D eigenvalue weighted by molar-refractivity contribution is 7.14. The summed E-state index contributed by atoms with van der Waals surface area (Å²) >= 11 is 1.51. The lowest BCUT2D eigenvalue weighted by Gasteiger charge is -2.08. The Balaban J connectivity index is 1.75. The quantitative estimate of drug-likeness (QED) is 0.497.